The van der Waals surface area contributed by atoms with Gasteiger partial charge in [0.1, 0.15) is 5.69 Å². The highest BCUT2D eigenvalue weighted by atomic mass is 79.9. The molecule has 25 nitrogen and oxygen atoms in total. The zero-order chi connectivity index (χ0) is 86.6. The molecule has 5 aliphatic heterocycles. The molecule has 8 heterocycles. The van der Waals surface area contributed by atoms with Crippen LogP contribution in [0, 0.1) is 65.5 Å². The highest BCUT2D eigenvalue weighted by Gasteiger charge is 2.32. The van der Waals surface area contributed by atoms with Crippen LogP contribution in [0.3, 0.4) is 0 Å². The number of aryl methyl sites for hydroxylation is 7. The molecular weight excluding hydrogens is 1570 g/mol. The van der Waals surface area contributed by atoms with Crippen molar-refractivity contribution in [2.45, 2.75) is 203 Å². The monoisotopic (exact) mass is 1700 g/mol. The first kappa shape index (κ1) is 95.6. The first-order valence-corrected chi connectivity index (χ1v) is 42.7. The van der Waals surface area contributed by atoms with Crippen LogP contribution in [0.4, 0.5) is 39.8 Å². The van der Waals surface area contributed by atoms with Crippen LogP contribution in [0.1, 0.15) is 206 Å². The number of aromatic amines is 4. The van der Waals surface area contributed by atoms with Gasteiger partial charge in [-0.25, -0.2) is 0 Å². The van der Waals surface area contributed by atoms with Crippen molar-refractivity contribution < 1.29 is 15.0 Å². The Morgan fingerprint density at radius 2 is 0.842 bits per heavy atom. The molecule has 10 aromatic rings. The third-order valence-corrected chi connectivity index (χ3v) is 25.0. The van der Waals surface area contributed by atoms with Gasteiger partial charge in [0.05, 0.1) is 44.1 Å². The molecule has 16 N–H and O–H groups in total. The Morgan fingerprint density at radius 3 is 1.32 bits per heavy atom. The van der Waals surface area contributed by atoms with Gasteiger partial charge in [0.2, 0.25) is 0 Å². The van der Waals surface area contributed by atoms with Crippen LogP contribution < -0.4 is 55.6 Å². The molecule has 0 saturated carbocycles. The number of hydrogen-bond acceptors (Lipinski definition) is 20. The molecule has 28 heteroatoms. The molecular formula is C92H130B2BrN17O8. The van der Waals surface area contributed by atoms with E-state index < -0.39 is 41.3 Å². The van der Waals surface area contributed by atoms with E-state index in [1.807, 2.05) is 113 Å². The number of fused-ring (bicyclic) bond motifs is 2. The van der Waals surface area contributed by atoms with E-state index in [1.54, 1.807) is 25.9 Å². The fourth-order valence-corrected chi connectivity index (χ4v) is 17.7. The van der Waals surface area contributed by atoms with Gasteiger partial charge in [-0.2, -0.15) is 0 Å². The highest BCUT2D eigenvalue weighted by Crippen LogP contribution is 2.43. The maximum Gasteiger partial charge on any atom is 0.406 e. The number of halogens is 1. The van der Waals surface area contributed by atoms with Crippen LogP contribution >= 0.6 is 15.9 Å². The number of rotatable bonds is 11. The molecule has 15 rings (SSSR count). The normalized spacial score (nSPS) is 18.3. The van der Waals surface area contributed by atoms with Gasteiger partial charge in [-0.3, -0.25) is 58.8 Å². The summed E-state index contributed by atoms with van der Waals surface area (Å²) in [4.78, 5) is 84.0. The second-order valence-electron chi connectivity index (χ2n) is 32.8. The van der Waals surface area contributed by atoms with Crippen LogP contribution in [0.25, 0.3) is 33.3 Å². The second-order valence-corrected chi connectivity index (χ2v) is 33.6. The summed E-state index contributed by atoms with van der Waals surface area (Å²) in [6.07, 6.45) is 19.6. The summed E-state index contributed by atoms with van der Waals surface area (Å²) in [5.74, 6) is 0. The number of likely N-dealkylation sites (tertiary alicyclic amines) is 5. The van der Waals surface area contributed by atoms with Crippen molar-refractivity contribution in [1.29, 1.82) is 0 Å². The van der Waals surface area contributed by atoms with Crippen molar-refractivity contribution in [3.05, 3.63) is 250 Å². The lowest BCUT2D eigenvalue weighted by Gasteiger charge is -2.35. The van der Waals surface area contributed by atoms with Crippen LogP contribution in [-0.2, 0) is 0 Å². The quantitative estimate of drug-likeness (QED) is 0.0188. The van der Waals surface area contributed by atoms with Crippen molar-refractivity contribution in [2.24, 2.45) is 0 Å². The van der Waals surface area contributed by atoms with Crippen molar-refractivity contribution >= 4 is 91.9 Å². The molecule has 644 valence electrons. The number of anilines is 6. The summed E-state index contributed by atoms with van der Waals surface area (Å²) in [6.45, 7) is 25.4. The fourth-order valence-electron chi connectivity index (χ4n) is 17.4. The van der Waals surface area contributed by atoms with E-state index in [1.165, 1.54) is 110 Å². The molecule has 7 aromatic carbocycles. The van der Waals surface area contributed by atoms with E-state index in [-0.39, 0.29) is 19.2 Å². The summed E-state index contributed by atoms with van der Waals surface area (Å²) in [5.41, 5.74) is 46.0. The molecule has 5 saturated heterocycles. The predicted octanol–water partition coefficient (Wildman–Crippen LogP) is 16.9. The first-order valence-electron chi connectivity index (χ1n) is 41.9. The zero-order valence-electron chi connectivity index (χ0n) is 72.4. The number of H-pyrrole nitrogens is 4. The Labute approximate surface area is 717 Å². The van der Waals surface area contributed by atoms with Gasteiger partial charge in [-0.1, -0.05) is 100 Å². The minimum Gasteiger partial charge on any atom is -0.433 e. The van der Waals surface area contributed by atoms with Gasteiger partial charge in [0, 0.05) is 75.1 Å². The number of nitro benzene ring substituents is 1. The smallest absolute Gasteiger partial charge is 0.406 e. The van der Waals surface area contributed by atoms with Gasteiger partial charge < -0.3 is 63.4 Å². The molecule has 5 fully saturated rings. The average molecular weight is 1700 g/mol. The predicted molar refractivity (Wildman–Crippen MR) is 503 cm³/mol. The third-order valence-electron chi connectivity index (χ3n) is 23.9. The lowest BCUT2D eigenvalue weighted by molar-refractivity contribution is -0.384. The Balaban J connectivity index is 0.000000176. The van der Waals surface area contributed by atoms with E-state index in [0.717, 1.165) is 152 Å². The average Bonchev–Trinajstić information content (AvgIpc) is 0.759. The molecule has 3 aromatic heterocycles. The fraction of sp³-hybridized carbons (Fsp3) is 0.446. The van der Waals surface area contributed by atoms with Crippen LogP contribution in [0.2, 0.25) is 13.6 Å². The molecule has 0 radical (unpaired) electrons. The topological polar surface area (TPSA) is 372 Å². The minimum atomic E-state index is -0.593. The number of piperidine rings is 5. The van der Waals surface area contributed by atoms with Gasteiger partial charge in [0.15, 0.2) is 0 Å². The SMILES string of the molecule is C.CB(O)Nc1cccc(C)c1-c1ccccn1.CB(O)Nc1cccc(C)c1C1CCCCN1C.Cc1cc2[nH]c(=O)c(=O)[nH]c2c(C2CCCCN2C)c1C.Cc1ccc(N)c(N)c1C1CCCCN1C.Cc1ccc([N+](=O)[O-])c(N)c1C1CCCCN1C.Cc1ccc2[nH]c(=O)c(=O)[nH]c2c1C1CCCCN1C.Cc1cccc(N)c1Br. The van der Waals surface area contributed by atoms with E-state index in [4.69, 9.17) is 22.9 Å². The van der Waals surface area contributed by atoms with E-state index >= 15 is 0 Å². The standard InChI is InChI=1S/C16H21N3O2.C15H19N3O2.C14H23BN2O.C13H15BN2O.C13H19N3O2.C13H21N3.C7H8BrN.CH4/c1-9-8-11-14(18-16(21)15(20)17-11)13(10(9)2)12-6-4-5-7-19(12)3;1-9-6-7-10-13(17-15(20)14(19)16-10)12(9)11-5-3-4-8-18(11)2;1-11-7-6-8-12(16-15(2)18)14(11)13-9-4-5-10-17(13)3;1-10-6-5-8-12(16-14(2)17)13(10)11-7-3-4-9-15-11;1-9-6-7-11(16(17)18)13(14)12(9)10-5-3-4-8-15(10)2;1-9-6-7-10(14)13(15)12(9)11-5-3-4-8-16(11)2;1-5-3-2-4-6(9)7(5)8;/h8,12H,4-7H2,1-3H3,(H,17,20)(H,18,21);6-7,11H,3-5,8H2,1-2H3,(H,16,19)(H,17,20);6-8,13,16,18H,4-5,9-10H2,1-3H3;3-9,16-17H,1-2H3;6-7,10H,3-5,8,14H2,1-2H3;6-7,11H,3-5,8,14-15H2,1-2H3;2-4H,9H2,1H3;1H4. The van der Waals surface area contributed by atoms with E-state index in [9.17, 15) is 39.3 Å². The number of nitrogen functional groups attached to an aromatic ring is 4. The summed E-state index contributed by atoms with van der Waals surface area (Å²) < 4.78 is 1.00. The molecule has 0 amide bonds. The number of nitrogens with one attached hydrogen (secondary N) is 6. The number of nitrogens with zero attached hydrogens (tertiary/aromatic N) is 7. The van der Waals surface area contributed by atoms with Gasteiger partial charge in [0.25, 0.3) is 5.69 Å². The summed E-state index contributed by atoms with van der Waals surface area (Å²) in [6, 6.07) is 38.7. The number of hydrogen-bond donors (Lipinski definition) is 12. The van der Waals surface area contributed by atoms with Crippen LogP contribution in [0.15, 0.2) is 145 Å². The third kappa shape index (κ3) is 24.3. The summed E-state index contributed by atoms with van der Waals surface area (Å²) >= 11 is 3.35. The molecule has 5 unspecified atom stereocenters. The maximum absolute atomic E-state index is 11.7. The lowest BCUT2D eigenvalue weighted by atomic mass is 9.85. The van der Waals surface area contributed by atoms with Crippen molar-refractivity contribution in [3.8, 4) is 11.3 Å². The Kier molecular flexibility index (Phi) is 35.5. The first-order chi connectivity index (χ1) is 56.7. The molecule has 0 aliphatic carbocycles. The second kappa shape index (κ2) is 44.6. The Bertz CT molecular complexity index is 5330. The number of benzene rings is 7. The van der Waals surface area contributed by atoms with Crippen LogP contribution in [-0.4, -0.2) is 146 Å². The molecule has 120 heavy (non-hydrogen) atoms. The van der Waals surface area contributed by atoms with Crippen molar-refractivity contribution in [3.63, 3.8) is 0 Å². The highest BCUT2D eigenvalue weighted by molar-refractivity contribution is 9.10. The molecule has 0 bridgehead atoms. The van der Waals surface area contributed by atoms with Gasteiger partial charge in [-0.05, 0) is 332 Å². The number of nitrogens with two attached hydrogens (primary N) is 4. The van der Waals surface area contributed by atoms with Crippen molar-refractivity contribution in [1.82, 2.24) is 49.4 Å². The number of pyridine rings is 1. The molecule has 0 spiro atoms. The van der Waals surface area contributed by atoms with E-state index in [2.05, 4.69) is 157 Å². The number of aromatic nitrogens is 5. The minimum absolute atomic E-state index is 0. The molecule has 5 aliphatic rings. The number of nitro groups is 1. The Morgan fingerprint density at radius 1 is 0.442 bits per heavy atom. The maximum atomic E-state index is 11.7. The van der Waals surface area contributed by atoms with Crippen LogP contribution in [0.5, 0.6) is 0 Å². The summed E-state index contributed by atoms with van der Waals surface area (Å²) in [5, 5.41) is 36.1. The zero-order valence-corrected chi connectivity index (χ0v) is 74.0. The van der Waals surface area contributed by atoms with Gasteiger partial charge in [-0.15, -0.1) is 0 Å². The summed E-state index contributed by atoms with van der Waals surface area (Å²) in [7, 11) is 9.57. The largest absolute Gasteiger partial charge is 0.433 e. The van der Waals surface area contributed by atoms with Crippen molar-refractivity contribution in [2.75, 3.05) is 101 Å². The lowest BCUT2D eigenvalue weighted by Crippen LogP contribution is -2.33. The Hall–Kier alpha value is -9.90. The molecule has 5 atom stereocenters. The van der Waals surface area contributed by atoms with E-state index in [0.29, 0.717) is 41.1 Å². The van der Waals surface area contributed by atoms with Gasteiger partial charge >= 0.3 is 36.3 Å².